The largest absolute Gasteiger partial charge is 0.317 e. The van der Waals surface area contributed by atoms with Gasteiger partial charge in [0.15, 0.2) is 0 Å². The summed E-state index contributed by atoms with van der Waals surface area (Å²) in [5.74, 6) is 2.08. The second-order valence-corrected chi connectivity index (χ2v) is 7.28. The molecule has 1 heterocycles. The Morgan fingerprint density at radius 1 is 1.33 bits per heavy atom. The van der Waals surface area contributed by atoms with Gasteiger partial charge in [0, 0.05) is 10.3 Å². The van der Waals surface area contributed by atoms with Crippen LogP contribution in [0.4, 0.5) is 0 Å². The van der Waals surface area contributed by atoms with Gasteiger partial charge in [-0.05, 0) is 48.2 Å². The van der Waals surface area contributed by atoms with Crippen LogP contribution in [-0.2, 0) is 5.41 Å². The lowest BCUT2D eigenvalue weighted by Crippen LogP contribution is -2.24. The normalized spacial score (nSPS) is 32.3. The van der Waals surface area contributed by atoms with E-state index in [1.165, 1.54) is 23.6 Å². The molecule has 98 valence electrons. The molecule has 1 nitrogen and oxygen atoms in total. The van der Waals surface area contributed by atoms with Gasteiger partial charge in [0.2, 0.25) is 0 Å². The van der Waals surface area contributed by atoms with Crippen LogP contribution in [-0.4, -0.2) is 18.8 Å². The topological polar surface area (TPSA) is 12.0 Å². The number of fused-ring (bicyclic) bond motifs is 2. The third kappa shape index (κ3) is 1.51. The zero-order chi connectivity index (χ0) is 12.8. The van der Waals surface area contributed by atoms with Crippen molar-refractivity contribution in [2.24, 2.45) is 11.3 Å². The van der Waals surface area contributed by atoms with Gasteiger partial charge in [0.25, 0.3) is 0 Å². The molecule has 0 radical (unpaired) electrons. The fourth-order valence-electron chi connectivity index (χ4n) is 4.13. The maximum atomic E-state index is 3.56. The van der Waals surface area contributed by atoms with E-state index in [9.17, 15) is 0 Å². The maximum Gasteiger partial charge on any atom is 0.0110 e. The van der Waals surface area contributed by atoms with Crippen molar-refractivity contribution in [2.45, 2.75) is 37.5 Å². The maximum absolute atomic E-state index is 3.56. The third-order valence-corrected chi connectivity index (χ3v) is 6.33. The lowest BCUT2D eigenvalue weighted by Gasteiger charge is -2.28. The molecule has 1 aliphatic heterocycles. The number of hydrogen-bond acceptors (Lipinski definition) is 2. The van der Waals surface area contributed by atoms with E-state index in [2.05, 4.69) is 50.4 Å². The van der Waals surface area contributed by atoms with Crippen molar-refractivity contribution in [1.82, 2.24) is 5.32 Å². The predicted octanol–water partition coefficient (Wildman–Crippen LogP) is 3.69. The average molecular weight is 261 g/mol. The first-order valence-electron chi connectivity index (χ1n) is 7.07. The molecule has 1 aliphatic carbocycles. The molecule has 2 unspecified atom stereocenters. The van der Waals surface area contributed by atoms with Crippen LogP contribution in [0.25, 0.3) is 0 Å². The molecule has 1 aromatic rings. The van der Waals surface area contributed by atoms with Gasteiger partial charge in [-0.3, -0.25) is 0 Å². The Morgan fingerprint density at radius 2 is 2.11 bits per heavy atom. The second kappa shape index (κ2) is 4.28. The van der Waals surface area contributed by atoms with Gasteiger partial charge in [-0.1, -0.05) is 39.0 Å². The molecule has 18 heavy (non-hydrogen) atoms. The quantitative estimate of drug-likeness (QED) is 0.890. The van der Waals surface area contributed by atoms with Gasteiger partial charge in [-0.2, -0.15) is 0 Å². The average Bonchev–Trinajstić information content (AvgIpc) is 2.83. The Balaban J connectivity index is 1.97. The van der Waals surface area contributed by atoms with Crippen LogP contribution in [0, 0.1) is 11.3 Å². The van der Waals surface area contributed by atoms with Crippen LogP contribution in [0.3, 0.4) is 0 Å². The van der Waals surface area contributed by atoms with Gasteiger partial charge in [0.05, 0.1) is 0 Å². The highest BCUT2D eigenvalue weighted by molar-refractivity contribution is 7.99. The van der Waals surface area contributed by atoms with Gasteiger partial charge in [-0.15, -0.1) is 11.8 Å². The van der Waals surface area contributed by atoms with E-state index >= 15 is 0 Å². The summed E-state index contributed by atoms with van der Waals surface area (Å²) in [4.78, 5) is 1.52. The van der Waals surface area contributed by atoms with E-state index in [1.54, 1.807) is 5.56 Å². The van der Waals surface area contributed by atoms with Crippen molar-refractivity contribution >= 4 is 11.8 Å². The van der Waals surface area contributed by atoms with Gasteiger partial charge in [0.1, 0.15) is 0 Å². The van der Waals surface area contributed by atoms with E-state index in [0.717, 1.165) is 12.5 Å². The van der Waals surface area contributed by atoms with Crippen LogP contribution in [0.2, 0.25) is 0 Å². The standard InChI is InChI=1S/C16H23NS/c1-4-17-11-14-15(2,3)16(14)9-10-18-13-8-6-5-7-12(13)16/h5-8,14,17H,4,9-11H2,1-3H3. The van der Waals surface area contributed by atoms with Gasteiger partial charge in [-0.25, -0.2) is 0 Å². The van der Waals surface area contributed by atoms with Crippen LogP contribution in [0.1, 0.15) is 32.8 Å². The lowest BCUT2D eigenvalue weighted by atomic mass is 9.84. The van der Waals surface area contributed by atoms with Crippen LogP contribution in [0.15, 0.2) is 29.2 Å². The molecule has 0 bridgehead atoms. The fraction of sp³-hybridized carbons (Fsp3) is 0.625. The minimum atomic E-state index is 0.441. The third-order valence-electron chi connectivity index (χ3n) is 5.25. The summed E-state index contributed by atoms with van der Waals surface area (Å²) in [6.07, 6.45) is 1.34. The summed E-state index contributed by atoms with van der Waals surface area (Å²) in [5, 5.41) is 3.56. The molecule has 0 aromatic heterocycles. The molecule has 0 amide bonds. The molecule has 2 atom stereocenters. The number of hydrogen-bond donors (Lipinski definition) is 1. The Morgan fingerprint density at radius 3 is 2.89 bits per heavy atom. The van der Waals surface area contributed by atoms with Gasteiger partial charge >= 0.3 is 0 Å². The zero-order valence-electron chi connectivity index (χ0n) is 11.6. The highest BCUT2D eigenvalue weighted by Gasteiger charge is 2.71. The Kier molecular flexibility index (Phi) is 2.98. The number of benzene rings is 1. The molecule has 1 spiro atoms. The van der Waals surface area contributed by atoms with Crippen molar-refractivity contribution in [3.05, 3.63) is 29.8 Å². The van der Waals surface area contributed by atoms with E-state index in [4.69, 9.17) is 0 Å². The van der Waals surface area contributed by atoms with Crippen molar-refractivity contribution in [1.29, 1.82) is 0 Å². The lowest BCUT2D eigenvalue weighted by molar-refractivity contribution is 0.474. The number of rotatable bonds is 3. The fourth-order valence-corrected chi connectivity index (χ4v) is 5.36. The second-order valence-electron chi connectivity index (χ2n) is 6.15. The highest BCUT2D eigenvalue weighted by atomic mass is 32.2. The molecule has 1 fully saturated rings. The molecular weight excluding hydrogens is 238 g/mol. The monoisotopic (exact) mass is 261 g/mol. The molecule has 0 saturated heterocycles. The highest BCUT2D eigenvalue weighted by Crippen LogP contribution is 2.73. The first-order valence-corrected chi connectivity index (χ1v) is 8.06. The molecule has 2 heteroatoms. The Hall–Kier alpha value is -0.470. The van der Waals surface area contributed by atoms with Crippen molar-refractivity contribution in [2.75, 3.05) is 18.8 Å². The van der Waals surface area contributed by atoms with Crippen LogP contribution in [0.5, 0.6) is 0 Å². The summed E-state index contributed by atoms with van der Waals surface area (Å²) in [7, 11) is 0. The van der Waals surface area contributed by atoms with E-state index in [1.807, 2.05) is 11.8 Å². The summed E-state index contributed by atoms with van der Waals surface area (Å²) in [6, 6.07) is 9.07. The van der Waals surface area contributed by atoms with E-state index in [-0.39, 0.29) is 0 Å². The number of nitrogens with one attached hydrogen (secondary N) is 1. The Bertz CT molecular complexity index is 454. The van der Waals surface area contributed by atoms with Crippen LogP contribution < -0.4 is 5.32 Å². The Labute approximate surface area is 115 Å². The minimum absolute atomic E-state index is 0.441. The molecule has 2 aliphatic rings. The molecule has 1 N–H and O–H groups in total. The SMILES string of the molecule is CCNCC1C(C)(C)C12CCSc1ccccc12. The van der Waals surface area contributed by atoms with Crippen molar-refractivity contribution in [3.8, 4) is 0 Å². The summed E-state index contributed by atoms with van der Waals surface area (Å²) >= 11 is 2.04. The molecule has 3 rings (SSSR count). The predicted molar refractivity (Wildman–Crippen MR) is 79.3 cm³/mol. The van der Waals surface area contributed by atoms with E-state index in [0.29, 0.717) is 10.8 Å². The summed E-state index contributed by atoms with van der Waals surface area (Å²) in [6.45, 7) is 9.37. The van der Waals surface area contributed by atoms with Crippen molar-refractivity contribution < 1.29 is 0 Å². The number of thioether (sulfide) groups is 1. The van der Waals surface area contributed by atoms with Crippen LogP contribution >= 0.6 is 11.8 Å². The molecule has 1 aromatic carbocycles. The first-order chi connectivity index (χ1) is 8.64. The summed E-state index contributed by atoms with van der Waals surface area (Å²) < 4.78 is 0. The summed E-state index contributed by atoms with van der Waals surface area (Å²) in [5.41, 5.74) is 2.51. The molecular formula is C16H23NS. The smallest absolute Gasteiger partial charge is 0.0110 e. The minimum Gasteiger partial charge on any atom is -0.317 e. The zero-order valence-corrected chi connectivity index (χ0v) is 12.4. The van der Waals surface area contributed by atoms with Crippen molar-refractivity contribution in [3.63, 3.8) is 0 Å². The van der Waals surface area contributed by atoms with E-state index < -0.39 is 0 Å². The molecule has 1 saturated carbocycles. The van der Waals surface area contributed by atoms with Gasteiger partial charge < -0.3 is 5.32 Å². The first kappa shape index (κ1) is 12.6.